The summed E-state index contributed by atoms with van der Waals surface area (Å²) >= 11 is 2.86. The summed E-state index contributed by atoms with van der Waals surface area (Å²) in [5.41, 5.74) is 0. The van der Waals surface area contributed by atoms with Gasteiger partial charge in [-0.3, -0.25) is 10.1 Å². The van der Waals surface area contributed by atoms with Crippen molar-refractivity contribution in [3.8, 4) is 0 Å². The predicted octanol–water partition coefficient (Wildman–Crippen LogP) is 1.60. The second-order valence-electron chi connectivity index (χ2n) is 3.52. The van der Waals surface area contributed by atoms with Gasteiger partial charge in [0.1, 0.15) is 4.08 Å². The topological polar surface area (TPSA) is 83.6 Å². The zero-order chi connectivity index (χ0) is 13.3. The van der Waals surface area contributed by atoms with Crippen LogP contribution in [0.15, 0.2) is 0 Å². The van der Waals surface area contributed by atoms with Crippen LogP contribution in [-0.2, 0) is 0 Å². The van der Waals surface area contributed by atoms with Gasteiger partial charge in [0.05, 0.1) is 13.2 Å². The summed E-state index contributed by atoms with van der Waals surface area (Å²) in [5.74, 6) is 0.965. The minimum absolute atomic E-state index is 0.0141. The summed E-state index contributed by atoms with van der Waals surface area (Å²) in [7, 11) is 0. The van der Waals surface area contributed by atoms with Crippen LogP contribution in [-0.4, -0.2) is 50.0 Å². The highest BCUT2D eigenvalue weighted by atomic mass is 32.2. The lowest BCUT2D eigenvalue weighted by molar-refractivity contribution is -0.524. The molecule has 0 aromatic carbocycles. The molecular formula is C10H21NO4S2. The molecule has 102 valence electrons. The van der Waals surface area contributed by atoms with Gasteiger partial charge in [0, 0.05) is 22.8 Å². The van der Waals surface area contributed by atoms with Crippen molar-refractivity contribution in [1.29, 1.82) is 0 Å². The number of aliphatic hydroxyl groups excluding tert-OH is 2. The molecular weight excluding hydrogens is 262 g/mol. The van der Waals surface area contributed by atoms with Crippen molar-refractivity contribution in [2.75, 3.05) is 24.7 Å². The van der Waals surface area contributed by atoms with Crippen molar-refractivity contribution in [2.45, 2.75) is 36.8 Å². The van der Waals surface area contributed by atoms with Gasteiger partial charge >= 0.3 is 0 Å². The third-order valence-corrected chi connectivity index (χ3v) is 6.10. The van der Waals surface area contributed by atoms with Crippen LogP contribution in [0.5, 0.6) is 0 Å². The van der Waals surface area contributed by atoms with Gasteiger partial charge in [0.25, 0.3) is 0 Å². The van der Waals surface area contributed by atoms with Crippen LogP contribution in [0.1, 0.15) is 26.7 Å². The van der Waals surface area contributed by atoms with Crippen LogP contribution in [0, 0.1) is 10.1 Å². The van der Waals surface area contributed by atoms with Crippen LogP contribution in [0.2, 0.25) is 0 Å². The number of hydrogen-bond acceptors (Lipinski definition) is 6. The fraction of sp³-hybridized carbons (Fsp3) is 1.00. The Morgan fingerprint density at radius 1 is 1.24 bits per heavy atom. The Hall–Kier alpha value is 0.0200. The monoisotopic (exact) mass is 283 g/mol. The second kappa shape index (κ2) is 9.02. The van der Waals surface area contributed by atoms with E-state index in [-0.39, 0.29) is 18.1 Å². The maximum atomic E-state index is 11.1. The van der Waals surface area contributed by atoms with E-state index in [1.165, 1.54) is 23.5 Å². The van der Waals surface area contributed by atoms with E-state index in [9.17, 15) is 10.1 Å². The molecule has 0 amide bonds. The van der Waals surface area contributed by atoms with Crippen LogP contribution in [0.4, 0.5) is 0 Å². The minimum atomic E-state index is -0.652. The molecule has 0 radical (unpaired) electrons. The van der Waals surface area contributed by atoms with Gasteiger partial charge in [-0.05, 0) is 6.42 Å². The third-order valence-electron chi connectivity index (χ3n) is 2.52. The Kier molecular flexibility index (Phi) is 9.03. The van der Waals surface area contributed by atoms with E-state index in [1.807, 2.05) is 6.92 Å². The lowest BCUT2D eigenvalue weighted by atomic mass is 10.1. The van der Waals surface area contributed by atoms with Crippen molar-refractivity contribution in [1.82, 2.24) is 0 Å². The van der Waals surface area contributed by atoms with Crippen LogP contribution in [0.3, 0.4) is 0 Å². The van der Waals surface area contributed by atoms with Crippen molar-refractivity contribution >= 4 is 23.5 Å². The molecule has 0 rings (SSSR count). The molecule has 0 aromatic heterocycles. The van der Waals surface area contributed by atoms with Gasteiger partial charge in [-0.15, -0.1) is 23.5 Å². The Balaban J connectivity index is 4.91. The Morgan fingerprint density at radius 3 is 1.94 bits per heavy atom. The van der Waals surface area contributed by atoms with Crippen LogP contribution < -0.4 is 0 Å². The maximum Gasteiger partial charge on any atom is 0.236 e. The highest BCUT2D eigenvalue weighted by Crippen LogP contribution is 2.45. The lowest BCUT2D eigenvalue weighted by Crippen LogP contribution is -2.42. The Morgan fingerprint density at radius 2 is 1.71 bits per heavy atom. The van der Waals surface area contributed by atoms with E-state index >= 15 is 0 Å². The zero-order valence-corrected chi connectivity index (χ0v) is 11.9. The first kappa shape index (κ1) is 17.0. The summed E-state index contributed by atoms with van der Waals surface area (Å²) in [6.45, 7) is 3.75. The molecule has 0 heterocycles. The van der Waals surface area contributed by atoms with Gasteiger partial charge < -0.3 is 10.2 Å². The first-order valence-electron chi connectivity index (χ1n) is 5.71. The zero-order valence-electron chi connectivity index (χ0n) is 10.3. The summed E-state index contributed by atoms with van der Waals surface area (Å²) in [4.78, 5) is 10.9. The van der Waals surface area contributed by atoms with Gasteiger partial charge in [0.2, 0.25) is 6.04 Å². The average Bonchev–Trinajstić information content (AvgIpc) is 2.32. The summed E-state index contributed by atoms with van der Waals surface area (Å²) < 4.78 is -0.552. The molecule has 0 aliphatic carbocycles. The molecule has 0 saturated heterocycles. The standard InChI is InChI=1S/C10H21NO4S2/c1-3-9(11(14)15)10(4-2,16-7-5-12)17-8-6-13/h9,12-13H,3-8H2,1-2H3. The van der Waals surface area contributed by atoms with Gasteiger partial charge in [-0.2, -0.15) is 0 Å². The number of thioether (sulfide) groups is 2. The van der Waals surface area contributed by atoms with Crippen LogP contribution >= 0.6 is 23.5 Å². The number of aliphatic hydroxyl groups is 2. The summed E-state index contributed by atoms with van der Waals surface area (Å²) in [5, 5.41) is 28.9. The maximum absolute atomic E-state index is 11.1. The molecule has 2 N–H and O–H groups in total. The number of rotatable bonds is 10. The molecule has 17 heavy (non-hydrogen) atoms. The van der Waals surface area contributed by atoms with E-state index in [4.69, 9.17) is 10.2 Å². The number of nitrogens with zero attached hydrogens (tertiary/aromatic N) is 1. The Labute approximate surface area is 111 Å². The molecule has 0 bridgehead atoms. The van der Waals surface area contributed by atoms with Crippen molar-refractivity contribution in [3.05, 3.63) is 10.1 Å². The number of hydrogen-bond donors (Lipinski definition) is 2. The summed E-state index contributed by atoms with van der Waals surface area (Å²) in [6, 6.07) is -0.652. The fourth-order valence-electron chi connectivity index (χ4n) is 1.73. The predicted molar refractivity (Wildman–Crippen MR) is 73.2 cm³/mol. The molecule has 1 unspecified atom stereocenters. The molecule has 0 spiro atoms. The highest BCUT2D eigenvalue weighted by molar-refractivity contribution is 8.18. The minimum Gasteiger partial charge on any atom is -0.396 e. The van der Waals surface area contributed by atoms with E-state index in [0.29, 0.717) is 24.3 Å². The largest absolute Gasteiger partial charge is 0.396 e. The molecule has 0 aromatic rings. The van der Waals surface area contributed by atoms with E-state index < -0.39 is 10.1 Å². The molecule has 1 atom stereocenters. The first-order chi connectivity index (χ1) is 8.07. The quantitative estimate of drug-likeness (QED) is 0.360. The highest BCUT2D eigenvalue weighted by Gasteiger charge is 2.45. The number of nitro groups is 1. The molecule has 0 aliphatic rings. The average molecular weight is 283 g/mol. The van der Waals surface area contributed by atoms with E-state index in [1.54, 1.807) is 6.92 Å². The molecule has 0 saturated carbocycles. The lowest BCUT2D eigenvalue weighted by Gasteiger charge is -2.33. The normalized spacial score (nSPS) is 13.6. The SMILES string of the molecule is CCC([N+](=O)[O-])C(CC)(SCCO)SCCO. The first-order valence-corrected chi connectivity index (χ1v) is 7.68. The van der Waals surface area contributed by atoms with Crippen LogP contribution in [0.25, 0.3) is 0 Å². The second-order valence-corrected chi connectivity index (χ2v) is 6.63. The van der Waals surface area contributed by atoms with Gasteiger partial charge in [-0.25, -0.2) is 0 Å². The smallest absolute Gasteiger partial charge is 0.236 e. The molecule has 5 nitrogen and oxygen atoms in total. The van der Waals surface area contributed by atoms with Crippen molar-refractivity contribution in [3.63, 3.8) is 0 Å². The summed E-state index contributed by atoms with van der Waals surface area (Å²) in [6.07, 6.45) is 1.10. The Bertz CT molecular complexity index is 220. The van der Waals surface area contributed by atoms with Gasteiger partial charge in [-0.1, -0.05) is 13.8 Å². The molecule has 0 aliphatic heterocycles. The third kappa shape index (κ3) is 5.03. The fourth-order valence-corrected chi connectivity index (χ4v) is 4.74. The molecule has 7 heteroatoms. The van der Waals surface area contributed by atoms with Crippen molar-refractivity contribution < 1.29 is 15.1 Å². The van der Waals surface area contributed by atoms with E-state index in [0.717, 1.165) is 0 Å². The van der Waals surface area contributed by atoms with Gasteiger partial charge in [0.15, 0.2) is 0 Å². The van der Waals surface area contributed by atoms with Crippen molar-refractivity contribution in [2.24, 2.45) is 0 Å². The molecule has 0 fully saturated rings. The van der Waals surface area contributed by atoms with E-state index in [2.05, 4.69) is 0 Å².